The van der Waals surface area contributed by atoms with Crippen molar-refractivity contribution in [2.45, 2.75) is 49.2 Å². The Morgan fingerprint density at radius 3 is 2.57 bits per heavy atom. The third kappa shape index (κ3) is 2.97. The minimum atomic E-state index is -3.36. The lowest BCUT2D eigenvalue weighted by Crippen LogP contribution is -2.40. The summed E-state index contributed by atoms with van der Waals surface area (Å²) in [5, 5.41) is 0.889. The van der Waals surface area contributed by atoms with E-state index in [1.165, 1.54) is 6.26 Å². The lowest BCUT2D eigenvalue weighted by atomic mass is 9.90. The summed E-state index contributed by atoms with van der Waals surface area (Å²) in [6.45, 7) is 0.672. The highest BCUT2D eigenvalue weighted by Crippen LogP contribution is 2.43. The van der Waals surface area contributed by atoms with Gasteiger partial charge in [0.1, 0.15) is 5.52 Å². The van der Waals surface area contributed by atoms with Crippen LogP contribution in [0.4, 0.5) is 5.69 Å². The number of hydrogen-bond donors (Lipinski definition) is 2. The molecule has 3 heterocycles. The molecule has 1 aromatic carbocycles. The molecule has 1 saturated carbocycles. The van der Waals surface area contributed by atoms with Gasteiger partial charge in [-0.3, -0.25) is 4.79 Å². The number of nitrogens with two attached hydrogens (primary N) is 1. The van der Waals surface area contributed by atoms with Crippen molar-refractivity contribution in [2.24, 2.45) is 12.8 Å². The molecule has 3 aromatic rings. The fraction of sp³-hybridized carbons (Fsp3) is 0.409. The van der Waals surface area contributed by atoms with Gasteiger partial charge in [0.15, 0.2) is 9.84 Å². The number of aromatic nitrogens is 2. The third-order valence-electron chi connectivity index (χ3n) is 6.61. The predicted octanol–water partition coefficient (Wildman–Crippen LogP) is 2.53. The molecule has 0 spiro atoms. The van der Waals surface area contributed by atoms with Gasteiger partial charge in [-0.15, -0.1) is 0 Å². The van der Waals surface area contributed by atoms with Crippen molar-refractivity contribution in [3.05, 3.63) is 46.5 Å². The van der Waals surface area contributed by atoms with Crippen LogP contribution in [0.15, 0.2) is 40.3 Å². The van der Waals surface area contributed by atoms with Crippen molar-refractivity contribution in [2.75, 3.05) is 11.2 Å². The van der Waals surface area contributed by atoms with E-state index in [9.17, 15) is 13.2 Å². The maximum absolute atomic E-state index is 12.7. The van der Waals surface area contributed by atoms with Gasteiger partial charge in [0, 0.05) is 66.5 Å². The molecule has 2 aliphatic rings. The van der Waals surface area contributed by atoms with Crippen LogP contribution in [-0.2, 0) is 23.4 Å². The van der Waals surface area contributed by atoms with E-state index in [4.69, 9.17) is 5.73 Å². The van der Waals surface area contributed by atoms with Crippen molar-refractivity contribution in [1.82, 2.24) is 9.55 Å². The van der Waals surface area contributed by atoms with Crippen molar-refractivity contribution in [1.29, 1.82) is 0 Å². The number of anilines is 1. The number of aromatic amines is 1. The molecule has 0 radical (unpaired) electrons. The Bertz CT molecular complexity index is 1310. The highest BCUT2D eigenvalue weighted by Gasteiger charge is 2.31. The molecule has 1 aliphatic carbocycles. The molecule has 0 saturated heterocycles. The smallest absolute Gasteiger partial charge is 0.274 e. The van der Waals surface area contributed by atoms with Crippen molar-refractivity contribution in [3.8, 4) is 11.1 Å². The van der Waals surface area contributed by atoms with Gasteiger partial charge in [-0.1, -0.05) is 0 Å². The van der Waals surface area contributed by atoms with E-state index in [1.807, 2.05) is 18.5 Å². The summed E-state index contributed by atoms with van der Waals surface area (Å²) in [5.41, 5.74) is 10.4. The Balaban J connectivity index is 1.79. The molecule has 0 atom stereocenters. The highest BCUT2D eigenvalue weighted by atomic mass is 32.2. The number of hydrogen-bond acceptors (Lipinski definition) is 5. The highest BCUT2D eigenvalue weighted by molar-refractivity contribution is 7.90. The maximum atomic E-state index is 12.7. The molecule has 7 nitrogen and oxygen atoms in total. The van der Waals surface area contributed by atoms with Gasteiger partial charge in [0.2, 0.25) is 0 Å². The summed E-state index contributed by atoms with van der Waals surface area (Å²) in [4.78, 5) is 18.5. The quantitative estimate of drug-likeness (QED) is 0.656. The molecule has 158 valence electrons. The van der Waals surface area contributed by atoms with Crippen molar-refractivity contribution >= 4 is 26.4 Å². The van der Waals surface area contributed by atoms with E-state index in [-0.39, 0.29) is 16.5 Å². The summed E-state index contributed by atoms with van der Waals surface area (Å²) in [6, 6.07) is 5.95. The largest absolute Gasteiger partial charge is 0.364 e. The third-order valence-corrected chi connectivity index (χ3v) is 7.72. The van der Waals surface area contributed by atoms with Crippen LogP contribution in [0.1, 0.15) is 31.2 Å². The van der Waals surface area contributed by atoms with Crippen LogP contribution in [0, 0.1) is 0 Å². The van der Waals surface area contributed by atoms with Crippen LogP contribution >= 0.6 is 0 Å². The van der Waals surface area contributed by atoms with Gasteiger partial charge in [0.25, 0.3) is 5.56 Å². The second kappa shape index (κ2) is 6.72. The maximum Gasteiger partial charge on any atom is 0.274 e. The fourth-order valence-electron chi connectivity index (χ4n) is 4.98. The molecule has 0 amide bonds. The number of H-pyrrole nitrogens is 1. The predicted molar refractivity (Wildman–Crippen MR) is 118 cm³/mol. The SMILES string of the molecule is Cn1cc2c3c(c[nH]c3c1=O)CN(C1CCC(N)CC1)c1ccc(S(C)(=O)=O)cc1-2. The normalized spacial score (nSPS) is 21.5. The van der Waals surface area contributed by atoms with Crippen LogP contribution in [-0.4, -0.2) is 36.3 Å². The second-order valence-corrected chi connectivity index (χ2v) is 10.7. The number of aryl methyl sites for hydroxylation is 1. The zero-order chi connectivity index (χ0) is 21.2. The van der Waals surface area contributed by atoms with Crippen LogP contribution in [0.2, 0.25) is 0 Å². The monoisotopic (exact) mass is 426 g/mol. The van der Waals surface area contributed by atoms with Crippen molar-refractivity contribution in [3.63, 3.8) is 0 Å². The average molecular weight is 427 g/mol. The number of nitrogens with one attached hydrogen (secondary N) is 1. The molecule has 3 N–H and O–H groups in total. The van der Waals surface area contributed by atoms with Crippen LogP contribution < -0.4 is 16.2 Å². The lowest BCUT2D eigenvalue weighted by molar-refractivity contribution is 0.375. The molecule has 0 bridgehead atoms. The van der Waals surface area contributed by atoms with E-state index in [2.05, 4.69) is 9.88 Å². The number of fused-ring (bicyclic) bond motifs is 2. The standard InChI is InChI=1S/C22H26N4O3S/c1-25-12-18-17-9-16(30(2,28)29)7-8-19(17)26(15-5-3-14(23)4-6-15)11-13-10-24-21(20(13)18)22(25)27/h7-10,12,14-15,24H,3-6,11,23H2,1-2H3. The molecule has 5 rings (SSSR count). The molecule has 30 heavy (non-hydrogen) atoms. The number of nitrogens with zero attached hydrogens (tertiary/aromatic N) is 2. The zero-order valence-electron chi connectivity index (χ0n) is 17.2. The number of sulfone groups is 1. The molecule has 1 aliphatic heterocycles. The van der Waals surface area contributed by atoms with E-state index >= 15 is 0 Å². The number of pyridine rings is 1. The number of benzene rings is 1. The first-order valence-electron chi connectivity index (χ1n) is 10.3. The fourth-order valence-corrected chi connectivity index (χ4v) is 5.63. The van der Waals surface area contributed by atoms with Gasteiger partial charge in [-0.05, 0) is 49.4 Å². The van der Waals surface area contributed by atoms with Gasteiger partial charge >= 0.3 is 0 Å². The van der Waals surface area contributed by atoms with Gasteiger partial charge in [0.05, 0.1) is 4.90 Å². The Kier molecular flexibility index (Phi) is 4.34. The molecular weight excluding hydrogens is 400 g/mol. The van der Waals surface area contributed by atoms with E-state index in [0.29, 0.717) is 18.1 Å². The van der Waals surface area contributed by atoms with Gasteiger partial charge in [-0.2, -0.15) is 0 Å². The summed E-state index contributed by atoms with van der Waals surface area (Å²) in [6.07, 6.45) is 8.93. The summed E-state index contributed by atoms with van der Waals surface area (Å²) in [5.74, 6) is 0. The van der Waals surface area contributed by atoms with Gasteiger partial charge < -0.3 is 20.2 Å². The molecule has 1 fully saturated rings. The average Bonchev–Trinajstić information content (AvgIpc) is 3.07. The van der Waals surface area contributed by atoms with Crippen molar-refractivity contribution < 1.29 is 8.42 Å². The molecule has 0 unspecified atom stereocenters. The summed E-state index contributed by atoms with van der Waals surface area (Å²) >= 11 is 0. The lowest BCUT2D eigenvalue weighted by Gasteiger charge is -2.38. The first-order valence-corrected chi connectivity index (χ1v) is 12.2. The van der Waals surface area contributed by atoms with E-state index < -0.39 is 9.84 Å². The van der Waals surface area contributed by atoms with E-state index in [1.54, 1.807) is 23.7 Å². The first-order chi connectivity index (χ1) is 14.2. The summed E-state index contributed by atoms with van der Waals surface area (Å²) < 4.78 is 26.1. The van der Waals surface area contributed by atoms with Crippen LogP contribution in [0.25, 0.3) is 22.0 Å². The topological polar surface area (TPSA) is 101 Å². The minimum Gasteiger partial charge on any atom is -0.364 e. The Labute approximate surface area is 175 Å². The van der Waals surface area contributed by atoms with Crippen LogP contribution in [0.5, 0.6) is 0 Å². The summed E-state index contributed by atoms with van der Waals surface area (Å²) in [7, 11) is -1.63. The van der Waals surface area contributed by atoms with E-state index in [0.717, 1.165) is 53.4 Å². The molecule has 2 aromatic heterocycles. The Morgan fingerprint density at radius 1 is 1.13 bits per heavy atom. The minimum absolute atomic E-state index is 0.0853. The number of rotatable bonds is 2. The second-order valence-electron chi connectivity index (χ2n) is 8.67. The Morgan fingerprint density at radius 2 is 1.87 bits per heavy atom. The van der Waals surface area contributed by atoms with Crippen LogP contribution in [0.3, 0.4) is 0 Å². The van der Waals surface area contributed by atoms with Gasteiger partial charge in [-0.25, -0.2) is 8.42 Å². The zero-order valence-corrected chi connectivity index (χ0v) is 18.0. The molecule has 8 heteroatoms. The Hall–Kier alpha value is -2.58. The first kappa shape index (κ1) is 19.4. The molecular formula is C22H26N4O3S.